The Kier molecular flexibility index (Phi) is 5.50. The van der Waals surface area contributed by atoms with Gasteiger partial charge in [0.25, 0.3) is 0 Å². The quantitative estimate of drug-likeness (QED) is 0.809. The molecule has 3 unspecified atom stereocenters. The molecule has 1 N–H and O–H groups in total. The molecular weight excluding hydrogens is 220 g/mol. The lowest BCUT2D eigenvalue weighted by molar-refractivity contribution is 0.0756. The van der Waals surface area contributed by atoms with Crippen molar-refractivity contribution in [2.45, 2.75) is 58.9 Å². The molecule has 1 aliphatic carbocycles. The minimum absolute atomic E-state index is 0.676. The predicted octanol–water partition coefficient (Wildman–Crippen LogP) is 3.13. The van der Waals surface area contributed by atoms with Crippen molar-refractivity contribution in [2.75, 3.05) is 26.2 Å². The summed E-state index contributed by atoms with van der Waals surface area (Å²) in [7, 11) is 0. The van der Waals surface area contributed by atoms with E-state index in [1.807, 2.05) is 0 Å². The van der Waals surface area contributed by atoms with Gasteiger partial charge >= 0.3 is 0 Å². The zero-order valence-electron chi connectivity index (χ0n) is 12.6. The average Bonchev–Trinajstić information content (AvgIpc) is 2.38. The molecule has 2 nitrogen and oxygen atoms in total. The average molecular weight is 252 g/mol. The summed E-state index contributed by atoms with van der Waals surface area (Å²) in [5.41, 5.74) is 0. The van der Waals surface area contributed by atoms with Crippen LogP contribution in [0.4, 0.5) is 0 Å². The molecule has 0 bridgehead atoms. The van der Waals surface area contributed by atoms with Gasteiger partial charge in [0.15, 0.2) is 0 Å². The number of nitrogens with one attached hydrogen (secondary N) is 1. The summed E-state index contributed by atoms with van der Waals surface area (Å²) in [6, 6.07) is 0.676. The minimum atomic E-state index is 0.676. The highest BCUT2D eigenvalue weighted by Crippen LogP contribution is 2.36. The van der Waals surface area contributed by atoms with E-state index in [0.717, 1.165) is 24.3 Å². The van der Waals surface area contributed by atoms with Crippen LogP contribution in [0.3, 0.4) is 0 Å². The second-order valence-corrected chi connectivity index (χ2v) is 6.76. The summed E-state index contributed by atoms with van der Waals surface area (Å²) in [5.74, 6) is 2.82. The number of nitrogens with zero attached hydrogens (tertiary/aromatic N) is 1. The lowest BCUT2D eigenvalue weighted by Gasteiger charge is -2.42. The molecule has 106 valence electrons. The van der Waals surface area contributed by atoms with Crippen molar-refractivity contribution in [1.82, 2.24) is 10.2 Å². The van der Waals surface area contributed by atoms with Gasteiger partial charge in [0.2, 0.25) is 0 Å². The number of piperidine rings is 1. The third-order valence-corrected chi connectivity index (χ3v) is 5.10. The maximum Gasteiger partial charge on any atom is 0.0217 e. The van der Waals surface area contributed by atoms with E-state index in [2.05, 4.69) is 31.0 Å². The first-order chi connectivity index (χ1) is 8.70. The molecule has 18 heavy (non-hydrogen) atoms. The molecule has 0 radical (unpaired) electrons. The van der Waals surface area contributed by atoms with Crippen molar-refractivity contribution in [1.29, 1.82) is 0 Å². The van der Waals surface area contributed by atoms with Crippen LogP contribution < -0.4 is 5.32 Å². The molecule has 2 rings (SSSR count). The number of hydrogen-bond donors (Lipinski definition) is 1. The van der Waals surface area contributed by atoms with Crippen LogP contribution in [-0.2, 0) is 0 Å². The first-order valence-electron chi connectivity index (χ1n) is 8.16. The van der Waals surface area contributed by atoms with Gasteiger partial charge in [-0.1, -0.05) is 40.0 Å². The molecule has 0 aromatic heterocycles. The van der Waals surface area contributed by atoms with E-state index < -0.39 is 0 Å². The van der Waals surface area contributed by atoms with E-state index in [9.17, 15) is 0 Å². The van der Waals surface area contributed by atoms with Gasteiger partial charge in [0.05, 0.1) is 0 Å². The van der Waals surface area contributed by atoms with Crippen molar-refractivity contribution in [3.05, 3.63) is 0 Å². The molecule has 1 heterocycles. The van der Waals surface area contributed by atoms with Gasteiger partial charge in [0, 0.05) is 19.1 Å². The topological polar surface area (TPSA) is 15.3 Å². The van der Waals surface area contributed by atoms with Gasteiger partial charge in [-0.15, -0.1) is 0 Å². The number of hydrogen-bond acceptors (Lipinski definition) is 2. The maximum absolute atomic E-state index is 3.66. The van der Waals surface area contributed by atoms with Gasteiger partial charge < -0.3 is 10.2 Å². The zero-order valence-corrected chi connectivity index (χ0v) is 12.6. The van der Waals surface area contributed by atoms with Crippen LogP contribution in [-0.4, -0.2) is 37.1 Å². The molecule has 1 aliphatic heterocycles. The molecule has 1 saturated heterocycles. The Labute approximate surface area is 114 Å². The third-order valence-electron chi connectivity index (χ3n) is 5.10. The number of likely N-dealkylation sites (N-methyl/N-ethyl adjacent to an activating group) is 1. The molecule has 2 heteroatoms. The smallest absolute Gasteiger partial charge is 0.0217 e. The fourth-order valence-electron chi connectivity index (χ4n) is 3.89. The van der Waals surface area contributed by atoms with Gasteiger partial charge in [-0.2, -0.15) is 0 Å². The zero-order chi connectivity index (χ0) is 13.0. The van der Waals surface area contributed by atoms with Crippen LogP contribution in [0.1, 0.15) is 52.9 Å². The molecule has 2 fully saturated rings. The molecule has 3 atom stereocenters. The summed E-state index contributed by atoms with van der Waals surface area (Å²) in [4.78, 5) is 2.74. The normalized spacial score (nSPS) is 31.3. The van der Waals surface area contributed by atoms with Crippen molar-refractivity contribution in [3.8, 4) is 0 Å². The Morgan fingerprint density at radius 2 is 1.83 bits per heavy atom. The van der Waals surface area contributed by atoms with Crippen molar-refractivity contribution < 1.29 is 0 Å². The van der Waals surface area contributed by atoms with Gasteiger partial charge in [-0.3, -0.25) is 0 Å². The summed E-state index contributed by atoms with van der Waals surface area (Å²) >= 11 is 0. The third kappa shape index (κ3) is 3.71. The van der Waals surface area contributed by atoms with Gasteiger partial charge in [-0.05, 0) is 43.7 Å². The van der Waals surface area contributed by atoms with Crippen LogP contribution in [0.2, 0.25) is 0 Å². The standard InChI is InChI=1S/C16H32N2/c1-4-17-16(13(2)3)12-18-10-9-14-7-5-6-8-15(14)11-18/h13-17H,4-12H2,1-3H3. The molecular formula is C16H32N2. The fraction of sp³-hybridized carbons (Fsp3) is 1.00. The van der Waals surface area contributed by atoms with Crippen molar-refractivity contribution in [3.63, 3.8) is 0 Å². The Morgan fingerprint density at radius 1 is 1.11 bits per heavy atom. The number of likely N-dealkylation sites (tertiary alicyclic amines) is 1. The summed E-state index contributed by atoms with van der Waals surface area (Å²) in [5, 5.41) is 3.66. The highest BCUT2D eigenvalue weighted by atomic mass is 15.2. The van der Waals surface area contributed by atoms with Crippen molar-refractivity contribution in [2.24, 2.45) is 17.8 Å². The van der Waals surface area contributed by atoms with E-state index in [1.165, 1.54) is 51.7 Å². The van der Waals surface area contributed by atoms with Gasteiger partial charge in [0.1, 0.15) is 0 Å². The Bertz CT molecular complexity index is 239. The Morgan fingerprint density at radius 3 is 2.50 bits per heavy atom. The summed E-state index contributed by atoms with van der Waals surface area (Å²) in [6.45, 7) is 12.0. The van der Waals surface area contributed by atoms with Gasteiger partial charge in [-0.25, -0.2) is 0 Å². The summed E-state index contributed by atoms with van der Waals surface area (Å²) < 4.78 is 0. The molecule has 1 saturated carbocycles. The molecule has 2 aliphatic rings. The number of fused-ring (bicyclic) bond motifs is 1. The monoisotopic (exact) mass is 252 g/mol. The highest BCUT2D eigenvalue weighted by Gasteiger charge is 2.31. The minimum Gasteiger partial charge on any atom is -0.313 e. The number of rotatable bonds is 5. The highest BCUT2D eigenvalue weighted by molar-refractivity contribution is 4.85. The first kappa shape index (κ1) is 14.3. The molecule has 0 aromatic rings. The lowest BCUT2D eigenvalue weighted by Crippen LogP contribution is -2.49. The lowest BCUT2D eigenvalue weighted by atomic mass is 9.75. The molecule has 0 spiro atoms. The predicted molar refractivity (Wildman–Crippen MR) is 78.8 cm³/mol. The largest absolute Gasteiger partial charge is 0.313 e. The second-order valence-electron chi connectivity index (χ2n) is 6.76. The maximum atomic E-state index is 3.66. The van der Waals surface area contributed by atoms with E-state index in [1.54, 1.807) is 0 Å². The molecule has 0 aromatic carbocycles. The Hall–Kier alpha value is -0.0800. The van der Waals surface area contributed by atoms with E-state index in [0.29, 0.717) is 6.04 Å². The van der Waals surface area contributed by atoms with Crippen LogP contribution >= 0.6 is 0 Å². The SMILES string of the molecule is CCNC(CN1CCC2CCCCC2C1)C(C)C. The van der Waals surface area contributed by atoms with E-state index >= 15 is 0 Å². The van der Waals surface area contributed by atoms with Crippen molar-refractivity contribution >= 4 is 0 Å². The van der Waals surface area contributed by atoms with Crippen LogP contribution in [0.5, 0.6) is 0 Å². The van der Waals surface area contributed by atoms with Crippen LogP contribution in [0.15, 0.2) is 0 Å². The fourth-order valence-corrected chi connectivity index (χ4v) is 3.89. The van der Waals surface area contributed by atoms with Crippen LogP contribution in [0.25, 0.3) is 0 Å². The molecule has 0 amide bonds. The summed E-state index contributed by atoms with van der Waals surface area (Å²) in [6.07, 6.45) is 7.44. The van der Waals surface area contributed by atoms with E-state index in [4.69, 9.17) is 0 Å². The first-order valence-corrected chi connectivity index (χ1v) is 8.16. The Balaban J connectivity index is 1.82. The second kappa shape index (κ2) is 6.91. The van der Waals surface area contributed by atoms with E-state index in [-0.39, 0.29) is 0 Å². The van der Waals surface area contributed by atoms with Crippen LogP contribution in [0, 0.1) is 17.8 Å².